The van der Waals surface area contributed by atoms with Gasteiger partial charge < -0.3 is 19.5 Å². The summed E-state index contributed by atoms with van der Waals surface area (Å²) in [6.45, 7) is 1.37. The fourth-order valence-electron chi connectivity index (χ4n) is 3.13. The van der Waals surface area contributed by atoms with Gasteiger partial charge in [0.1, 0.15) is 5.69 Å². The summed E-state index contributed by atoms with van der Waals surface area (Å²) in [6, 6.07) is 14.2. The monoisotopic (exact) mass is 478 g/mol. The van der Waals surface area contributed by atoms with Gasteiger partial charge in [-0.25, -0.2) is 14.3 Å². The molecule has 0 aliphatic carbocycles. The first-order chi connectivity index (χ1) is 16.9. The third-order valence-corrected chi connectivity index (χ3v) is 4.95. The van der Waals surface area contributed by atoms with E-state index in [2.05, 4.69) is 10.6 Å². The number of nitrogens with one attached hydrogen (secondary N) is 2. The number of urea groups is 1. The fourth-order valence-corrected chi connectivity index (χ4v) is 3.13. The number of imide groups is 1. The van der Waals surface area contributed by atoms with Crippen LogP contribution in [0.5, 0.6) is 11.5 Å². The quantitative estimate of drug-likeness (QED) is 0.377. The second kappa shape index (κ2) is 11.5. The van der Waals surface area contributed by atoms with Crippen molar-refractivity contribution in [1.82, 2.24) is 20.4 Å². The number of esters is 1. The maximum absolute atomic E-state index is 12.3. The fraction of sp³-hybridized carbons (Fsp3) is 0.200. The van der Waals surface area contributed by atoms with Crippen molar-refractivity contribution >= 4 is 24.0 Å². The van der Waals surface area contributed by atoms with E-state index in [0.717, 1.165) is 11.3 Å². The predicted octanol–water partition coefficient (Wildman–Crippen LogP) is 2.96. The van der Waals surface area contributed by atoms with Gasteiger partial charge in [-0.3, -0.25) is 10.1 Å². The Morgan fingerprint density at radius 3 is 2.40 bits per heavy atom. The molecule has 0 bridgehead atoms. The van der Waals surface area contributed by atoms with Crippen molar-refractivity contribution in [3.63, 3.8) is 0 Å². The van der Waals surface area contributed by atoms with Crippen molar-refractivity contribution in [1.29, 1.82) is 0 Å². The number of methoxy groups -OCH3 is 2. The van der Waals surface area contributed by atoms with Crippen LogP contribution in [0.3, 0.4) is 0 Å². The van der Waals surface area contributed by atoms with Gasteiger partial charge in [-0.1, -0.05) is 18.2 Å². The van der Waals surface area contributed by atoms with Crippen molar-refractivity contribution in [3.8, 4) is 28.4 Å². The molecule has 3 aromatic rings. The van der Waals surface area contributed by atoms with Gasteiger partial charge in [0.05, 0.1) is 19.9 Å². The first-order valence-corrected chi connectivity index (χ1v) is 10.6. The Kier molecular flexibility index (Phi) is 8.23. The summed E-state index contributed by atoms with van der Waals surface area (Å²) >= 11 is 0. The minimum absolute atomic E-state index is 0.532. The molecule has 0 fully saturated rings. The van der Waals surface area contributed by atoms with Crippen molar-refractivity contribution in [3.05, 3.63) is 66.4 Å². The summed E-state index contributed by atoms with van der Waals surface area (Å²) in [5, 5.41) is 9.01. The van der Waals surface area contributed by atoms with E-state index in [9.17, 15) is 14.4 Å². The molecule has 1 aromatic heterocycles. The Hall–Kier alpha value is -4.60. The molecule has 0 spiro atoms. The minimum Gasteiger partial charge on any atom is -0.493 e. The number of aromatic nitrogens is 2. The Labute approximate surface area is 202 Å². The topological polar surface area (TPSA) is 121 Å². The number of hydrogen-bond donors (Lipinski definition) is 2. The highest BCUT2D eigenvalue weighted by molar-refractivity contribution is 5.98. The highest BCUT2D eigenvalue weighted by Crippen LogP contribution is 2.33. The lowest BCUT2D eigenvalue weighted by molar-refractivity contribution is -0.149. The standard InChI is InChI=1S/C25H26N4O6/c1-16(24(31)27-25(32)26-2)35-22(30)13-11-18-15-29(19-8-6-5-7-9-19)28-23(18)17-10-12-20(33-3)21(14-17)34-4/h5-16H,1-4H3,(H2,26,27,31,32)/b13-11+. The molecule has 3 amide bonds. The summed E-state index contributed by atoms with van der Waals surface area (Å²) in [6.07, 6.45) is 3.35. The average Bonchev–Trinajstić information content (AvgIpc) is 3.31. The molecule has 0 saturated heterocycles. The van der Waals surface area contributed by atoms with Gasteiger partial charge in [-0.15, -0.1) is 0 Å². The van der Waals surface area contributed by atoms with Gasteiger partial charge in [0.2, 0.25) is 0 Å². The SMILES string of the molecule is CNC(=O)NC(=O)C(C)OC(=O)/C=C/c1cn(-c2ccccc2)nc1-c1ccc(OC)c(OC)c1. The molecule has 0 aliphatic heterocycles. The number of ether oxygens (including phenoxy) is 3. The summed E-state index contributed by atoms with van der Waals surface area (Å²) < 4.78 is 17.5. The highest BCUT2D eigenvalue weighted by Gasteiger charge is 2.19. The van der Waals surface area contributed by atoms with Gasteiger partial charge in [0, 0.05) is 30.4 Å². The van der Waals surface area contributed by atoms with Crippen molar-refractivity contribution < 1.29 is 28.6 Å². The van der Waals surface area contributed by atoms with E-state index < -0.39 is 24.0 Å². The molecule has 2 aromatic carbocycles. The molecule has 0 radical (unpaired) electrons. The summed E-state index contributed by atoms with van der Waals surface area (Å²) in [4.78, 5) is 35.5. The minimum atomic E-state index is -1.16. The molecule has 0 saturated carbocycles. The number of amides is 3. The zero-order valence-electron chi connectivity index (χ0n) is 19.8. The average molecular weight is 479 g/mol. The molecular weight excluding hydrogens is 452 g/mol. The number of benzene rings is 2. The van der Waals surface area contributed by atoms with E-state index in [1.54, 1.807) is 43.3 Å². The molecule has 182 valence electrons. The number of hydrogen-bond acceptors (Lipinski definition) is 7. The van der Waals surface area contributed by atoms with Crippen LogP contribution < -0.4 is 20.1 Å². The molecule has 1 heterocycles. The van der Waals surface area contributed by atoms with Crippen LogP contribution in [0.4, 0.5) is 4.79 Å². The highest BCUT2D eigenvalue weighted by atomic mass is 16.5. The summed E-state index contributed by atoms with van der Waals surface area (Å²) in [7, 11) is 4.47. The maximum Gasteiger partial charge on any atom is 0.331 e. The van der Waals surface area contributed by atoms with Crippen LogP contribution in [0, 0.1) is 0 Å². The van der Waals surface area contributed by atoms with E-state index in [4.69, 9.17) is 19.3 Å². The largest absolute Gasteiger partial charge is 0.493 e. The number of carbonyl (C=O) groups excluding carboxylic acids is 3. The Balaban J connectivity index is 1.90. The summed E-state index contributed by atoms with van der Waals surface area (Å²) in [5.74, 6) is -0.391. The lowest BCUT2D eigenvalue weighted by Gasteiger charge is -2.11. The Morgan fingerprint density at radius 1 is 1.03 bits per heavy atom. The van der Waals surface area contributed by atoms with E-state index in [0.29, 0.717) is 22.8 Å². The molecule has 0 aliphatic rings. The van der Waals surface area contributed by atoms with E-state index >= 15 is 0 Å². The van der Waals surface area contributed by atoms with Crippen molar-refractivity contribution in [2.24, 2.45) is 0 Å². The van der Waals surface area contributed by atoms with Crippen LogP contribution >= 0.6 is 0 Å². The first-order valence-electron chi connectivity index (χ1n) is 10.6. The lowest BCUT2D eigenvalue weighted by Crippen LogP contribution is -2.43. The van der Waals surface area contributed by atoms with Gasteiger partial charge in [0.15, 0.2) is 17.6 Å². The molecule has 1 atom stereocenters. The number of para-hydroxylation sites is 1. The van der Waals surface area contributed by atoms with Gasteiger partial charge in [-0.2, -0.15) is 5.10 Å². The van der Waals surface area contributed by atoms with Gasteiger partial charge in [-0.05, 0) is 43.3 Å². The molecule has 10 nitrogen and oxygen atoms in total. The maximum atomic E-state index is 12.3. The van der Waals surface area contributed by atoms with Crippen LogP contribution in [0.25, 0.3) is 23.0 Å². The predicted molar refractivity (Wildman–Crippen MR) is 129 cm³/mol. The number of carbonyl (C=O) groups is 3. The zero-order chi connectivity index (χ0) is 25.4. The van der Waals surface area contributed by atoms with Crippen LogP contribution in [-0.2, 0) is 14.3 Å². The first kappa shape index (κ1) is 25.0. The van der Waals surface area contributed by atoms with Crippen LogP contribution in [0.1, 0.15) is 12.5 Å². The van der Waals surface area contributed by atoms with E-state index in [1.807, 2.05) is 36.4 Å². The van der Waals surface area contributed by atoms with E-state index in [1.165, 1.54) is 20.0 Å². The van der Waals surface area contributed by atoms with Crippen molar-refractivity contribution in [2.75, 3.05) is 21.3 Å². The molecule has 2 N–H and O–H groups in total. The molecular formula is C25H26N4O6. The lowest BCUT2D eigenvalue weighted by atomic mass is 10.1. The third-order valence-electron chi connectivity index (χ3n) is 4.95. The smallest absolute Gasteiger partial charge is 0.331 e. The zero-order valence-corrected chi connectivity index (χ0v) is 19.8. The second-order valence-corrected chi connectivity index (χ2v) is 7.26. The van der Waals surface area contributed by atoms with Crippen LogP contribution in [-0.4, -0.2) is 55.1 Å². The van der Waals surface area contributed by atoms with Gasteiger partial charge in [0.25, 0.3) is 5.91 Å². The Bertz CT molecular complexity index is 1240. The van der Waals surface area contributed by atoms with Gasteiger partial charge >= 0.3 is 12.0 Å². The van der Waals surface area contributed by atoms with Crippen LogP contribution in [0.15, 0.2) is 60.8 Å². The molecule has 1 unspecified atom stereocenters. The second-order valence-electron chi connectivity index (χ2n) is 7.26. The van der Waals surface area contributed by atoms with Crippen LogP contribution in [0.2, 0.25) is 0 Å². The summed E-state index contributed by atoms with van der Waals surface area (Å²) in [5.41, 5.74) is 2.78. The number of rotatable bonds is 8. The van der Waals surface area contributed by atoms with Crippen molar-refractivity contribution in [2.45, 2.75) is 13.0 Å². The third kappa shape index (κ3) is 6.26. The van der Waals surface area contributed by atoms with E-state index in [-0.39, 0.29) is 0 Å². The normalized spacial score (nSPS) is 11.5. The Morgan fingerprint density at radius 2 is 1.74 bits per heavy atom. The molecule has 10 heteroatoms. The molecule has 3 rings (SSSR count). The number of nitrogens with zero attached hydrogens (tertiary/aromatic N) is 2. The molecule has 35 heavy (non-hydrogen) atoms.